The van der Waals surface area contributed by atoms with Crippen LogP contribution in [0, 0.1) is 37.1 Å². The number of halogens is 10. The van der Waals surface area contributed by atoms with Gasteiger partial charge in [-0.2, -0.15) is 47.0 Å². The Morgan fingerprint density at radius 1 is 0.515 bits per heavy atom. The second-order valence-corrected chi connectivity index (χ2v) is 38.6. The summed E-state index contributed by atoms with van der Waals surface area (Å²) in [5.74, 6) is -1.54. The van der Waals surface area contributed by atoms with Crippen molar-refractivity contribution in [1.82, 2.24) is 52.0 Å². The summed E-state index contributed by atoms with van der Waals surface area (Å²) in [4.78, 5) is 102. The molecule has 9 heterocycles. The number of allylic oxidation sites excluding steroid dienone is 1. The summed E-state index contributed by atoms with van der Waals surface area (Å²) < 4.78 is 211. The van der Waals surface area contributed by atoms with Gasteiger partial charge >= 0.3 is 54.3 Å². The molecule has 4 aromatic carbocycles. The van der Waals surface area contributed by atoms with Crippen molar-refractivity contribution in [3.8, 4) is 34.3 Å². The Bertz CT molecular complexity index is 6380. The average Bonchev–Trinajstić information content (AvgIpc) is 1.58. The van der Waals surface area contributed by atoms with Crippen LogP contribution in [0.1, 0.15) is 113 Å². The second kappa shape index (κ2) is 44.2. The van der Waals surface area contributed by atoms with Gasteiger partial charge in [0.25, 0.3) is 16.7 Å². The van der Waals surface area contributed by atoms with E-state index in [4.69, 9.17) is 29.4 Å². The maximum Gasteiger partial charge on any atom is 0.534 e. The van der Waals surface area contributed by atoms with Crippen molar-refractivity contribution in [2.24, 2.45) is 0 Å². The van der Waals surface area contributed by atoms with Crippen molar-refractivity contribution in [2.45, 2.75) is 137 Å². The molecule has 132 heavy (non-hydrogen) atoms. The highest BCUT2D eigenvalue weighted by molar-refractivity contribution is 9.11. The molecule has 1 fully saturated rings. The zero-order valence-corrected chi connectivity index (χ0v) is 80.2. The second-order valence-electron chi connectivity index (χ2n) is 31.2. The Kier molecular flexibility index (Phi) is 34.8. The molecule has 34 nitrogen and oxygen atoms in total. The van der Waals surface area contributed by atoms with Gasteiger partial charge in [0.05, 0.1) is 71.4 Å². The van der Waals surface area contributed by atoms with E-state index in [9.17, 15) is 89.5 Å². The van der Waals surface area contributed by atoms with Crippen LogP contribution in [0.25, 0.3) is 17.1 Å². The monoisotopic (exact) mass is 2090 g/mol. The summed E-state index contributed by atoms with van der Waals surface area (Å²) in [7, 11) is -9.33. The van der Waals surface area contributed by atoms with Crippen LogP contribution in [-0.4, -0.2) is 179 Å². The smallest absolute Gasteiger partial charge is 0.495 e. The first-order valence-electron chi connectivity index (χ1n) is 39.8. The van der Waals surface area contributed by atoms with Gasteiger partial charge in [-0.05, 0) is 212 Å². The summed E-state index contributed by atoms with van der Waals surface area (Å²) in [5, 5.41) is 0. The van der Waals surface area contributed by atoms with E-state index >= 15 is 0 Å². The summed E-state index contributed by atoms with van der Waals surface area (Å²) in [5.41, 5.74) is 5.65. The number of methoxy groups -OCH3 is 3. The number of aryl methyl sites for hydroxylation is 3. The predicted octanol–water partition coefficient (Wildman–Crippen LogP) is 14.4. The molecule has 47 heteroatoms. The van der Waals surface area contributed by atoms with E-state index in [0.29, 0.717) is 79.4 Å². The predicted molar refractivity (Wildman–Crippen MR) is 483 cm³/mol. The summed E-state index contributed by atoms with van der Waals surface area (Å²) in [6.45, 7) is 15.7. The first-order valence-corrected chi connectivity index (χ1v) is 46.5. The largest absolute Gasteiger partial charge is 0.534 e. The standard InChI is InChI=1S/C20H22BrFN2O4.C19H17BrFN5O4S.C16H15BrFNO2.C15H20F3NO6S.C8H10FN.C7H8N4O4S/c1-20(2,3)28-19(26)23-8-7-15-12(11-23)5-6-18(25)24(15)16-10-14(22)13(21)9-17(16)27-4;1-30-17-9-13(20)14(21)10-16(17)26-15-5-8-25(11-12(15)3-4-18(26)27)31(28,29)24-19-22-6-2-7-23-19;1-21-15-8-11(17)12(18)9-14(15)19-13-5-3-2-4-10(13)6-7-16(19)20;1-10(20)5-6-11-9-19(13(21)24-14(2,3)4)8-7-12(11)25-26(22,23)15(16,17)18;1-5-3-6(2)8(10)4-7(5)9;12-7-11(4-5-15-7)16(13,14)10-6-8-2-1-3-9-6/h5-6,9-10H,7-8,11H2,1-4H3;2-4,6-7,9-10H,5,8,11H2,1H3,(H,22,23,24);6-9H,2-5H2,1H3;5-6H,7-9H2,1-4H3;3-4H,10H2,1-2H3;1-3H,4-5H2,(H,8,9,10)/b;;;6-5+;;. The molecule has 0 saturated carbocycles. The van der Waals surface area contributed by atoms with Crippen LogP contribution < -0.4 is 46.1 Å². The molecule has 0 atom stereocenters. The zero-order chi connectivity index (χ0) is 97.4. The van der Waals surface area contributed by atoms with Crippen LogP contribution in [0.5, 0.6) is 17.2 Å². The molecule has 0 radical (unpaired) electrons. The lowest BCUT2D eigenvalue weighted by molar-refractivity contribution is -0.112. The third kappa shape index (κ3) is 27.2. The fourth-order valence-electron chi connectivity index (χ4n) is 13.3. The molecule has 0 unspecified atom stereocenters. The van der Waals surface area contributed by atoms with E-state index in [2.05, 4.69) is 86.1 Å². The number of amides is 3. The topological polar surface area (TPSA) is 416 Å². The van der Waals surface area contributed by atoms with E-state index in [1.807, 2.05) is 33.8 Å². The summed E-state index contributed by atoms with van der Waals surface area (Å²) in [6, 6.07) is 24.0. The van der Waals surface area contributed by atoms with E-state index in [0.717, 1.165) is 65.9 Å². The molecule has 0 bridgehead atoms. The van der Waals surface area contributed by atoms with Gasteiger partial charge in [0, 0.05) is 135 Å². The van der Waals surface area contributed by atoms with E-state index in [1.54, 1.807) is 79.6 Å². The number of pyridine rings is 3. The number of nitrogens with one attached hydrogen (secondary N) is 2. The number of ketones is 1. The van der Waals surface area contributed by atoms with E-state index < -0.39 is 94.5 Å². The molecular weight excluding hydrogens is 2010 g/mol. The Labute approximate surface area is 779 Å². The minimum absolute atomic E-state index is 0.0129. The third-order valence-corrected chi connectivity index (χ3v) is 25.0. The Balaban J connectivity index is 0.000000183. The summed E-state index contributed by atoms with van der Waals surface area (Å²) >= 11 is 9.39. The number of anilines is 3. The Morgan fingerprint density at radius 3 is 1.36 bits per heavy atom. The Morgan fingerprint density at radius 2 is 0.932 bits per heavy atom. The van der Waals surface area contributed by atoms with Crippen molar-refractivity contribution >= 4 is 120 Å². The van der Waals surface area contributed by atoms with Crippen molar-refractivity contribution < 1.29 is 108 Å². The highest BCUT2D eigenvalue weighted by atomic mass is 79.9. The number of fused-ring (bicyclic) bond motifs is 3. The number of nitrogens with zero attached hydrogens (tertiary/aromatic N) is 11. The van der Waals surface area contributed by atoms with Gasteiger partial charge in [-0.1, -0.05) is 24.3 Å². The molecule has 710 valence electrons. The number of rotatable bonds is 16. The zero-order valence-electron chi connectivity index (χ0n) is 73.0. The van der Waals surface area contributed by atoms with Gasteiger partial charge < -0.3 is 48.1 Å². The number of carbonyl (C=O) groups excluding carboxylic acids is 4. The number of carbonyl (C=O) groups is 4. The lowest BCUT2D eigenvalue weighted by Crippen LogP contribution is -2.41. The van der Waals surface area contributed by atoms with Gasteiger partial charge in [-0.25, -0.2) is 61.3 Å². The van der Waals surface area contributed by atoms with Gasteiger partial charge in [0.15, 0.2) is 5.78 Å². The third-order valence-electron chi connectivity index (χ3n) is 19.4. The molecule has 3 amide bonds. The molecule has 1 aliphatic carbocycles. The first-order chi connectivity index (χ1) is 61.8. The average molecular weight is 2100 g/mol. The van der Waals surface area contributed by atoms with Crippen LogP contribution in [0.2, 0.25) is 0 Å². The number of ether oxygens (including phenoxy) is 6. The quantitative estimate of drug-likeness (QED) is 0.0202. The fourth-order valence-corrected chi connectivity index (χ4v) is 16.9. The molecule has 9 aromatic rings. The number of benzene rings is 4. The van der Waals surface area contributed by atoms with Crippen LogP contribution in [0.3, 0.4) is 0 Å². The van der Waals surface area contributed by atoms with Crippen LogP contribution in [-0.2, 0) is 92.5 Å². The lowest BCUT2D eigenvalue weighted by atomic mass is 9.95. The molecular formula is C85H92Br3F7N14O20S3. The molecule has 0 spiro atoms. The number of nitrogens with two attached hydrogens (primary N) is 1. The molecule has 14 rings (SSSR count). The maximum atomic E-state index is 14.2. The molecule has 5 aliphatic rings. The van der Waals surface area contributed by atoms with Crippen LogP contribution >= 0.6 is 47.8 Å². The van der Waals surface area contributed by atoms with Crippen molar-refractivity contribution in [2.75, 3.05) is 75.8 Å². The van der Waals surface area contributed by atoms with Gasteiger partial charge in [0.1, 0.15) is 64.1 Å². The first kappa shape index (κ1) is 104. The normalized spacial score (nSPS) is 14.5. The van der Waals surface area contributed by atoms with Crippen LogP contribution in [0.15, 0.2) is 173 Å². The minimum atomic E-state index is -5.85. The number of nitrogen functional groups attached to an aromatic ring is 1. The van der Waals surface area contributed by atoms with Gasteiger partial charge in [-0.3, -0.25) is 32.9 Å². The van der Waals surface area contributed by atoms with Crippen molar-refractivity contribution in [1.29, 1.82) is 0 Å². The molecule has 1 saturated heterocycles. The Hall–Kier alpha value is -11.8. The van der Waals surface area contributed by atoms with Gasteiger partial charge in [0.2, 0.25) is 11.9 Å². The van der Waals surface area contributed by atoms with E-state index in [-0.39, 0.29) is 107 Å². The van der Waals surface area contributed by atoms with Gasteiger partial charge in [-0.15, -0.1) is 0 Å². The number of hydrogen-bond acceptors (Lipinski definition) is 25. The molecule has 4 aliphatic heterocycles. The molecule has 5 aromatic heterocycles. The van der Waals surface area contributed by atoms with Crippen molar-refractivity contribution in [3.63, 3.8) is 0 Å². The highest BCUT2D eigenvalue weighted by Gasteiger charge is 2.49. The SMILES string of the molecule is CC(=O)/C=C/C1=C(OS(=O)(=O)C(F)(F)F)CCN(C(=O)OC(C)(C)C)C1.COc1cc(Br)c(F)cc1-n1c2c(ccc1=O)CCCC2.COc1cc(Br)c(F)cc1-n1c2c(ccc1=O)CN(C(=O)OC(C)(C)C)CC2.COc1cc(Br)c(F)cc1-n1c2c(ccc1=O)CN(S(=O)(=O)Nc1ncccn1)CC2.Cc1cc(C)c(F)cc1N.O=C1OCCN1S(=O)(=O)Nc1ncccn1. The maximum absolute atomic E-state index is 14.2. The number of hydrogen-bond donors (Lipinski definition) is 3. The van der Waals surface area contributed by atoms with Crippen LogP contribution in [0.4, 0.5) is 62.7 Å². The molecule has 4 N–H and O–H groups in total. The summed E-state index contributed by atoms with van der Waals surface area (Å²) in [6.07, 6.45) is 10.1. The van der Waals surface area contributed by atoms with Crippen molar-refractivity contribution in [3.05, 3.63) is 258 Å². The fraction of sp³-hybridized carbons (Fsp3) is 0.353. The highest BCUT2D eigenvalue weighted by Crippen LogP contribution is 2.37. The van der Waals surface area contributed by atoms with E-state index in [1.165, 1.54) is 120 Å². The number of cyclic esters (lactones) is 1. The minimum Gasteiger partial charge on any atom is -0.495 e. The number of aromatic nitrogens is 7. The lowest BCUT2D eigenvalue weighted by Gasteiger charge is -2.32. The number of alkyl halides is 3.